The van der Waals surface area contributed by atoms with E-state index in [1.54, 1.807) is 12.1 Å². The highest BCUT2D eigenvalue weighted by Crippen LogP contribution is 2.39. The molecule has 0 bridgehead atoms. The largest absolute Gasteiger partial charge is 0.456 e. The normalized spacial score (nSPS) is 10.7. The van der Waals surface area contributed by atoms with Crippen LogP contribution in [0.3, 0.4) is 0 Å². The van der Waals surface area contributed by atoms with Crippen LogP contribution in [0.4, 0.5) is 0 Å². The summed E-state index contributed by atoms with van der Waals surface area (Å²) in [5, 5.41) is 2.64. The van der Waals surface area contributed by atoms with Gasteiger partial charge in [-0.1, -0.05) is 23.2 Å². The molecule has 0 saturated heterocycles. The summed E-state index contributed by atoms with van der Waals surface area (Å²) in [4.78, 5) is 0. The second kappa shape index (κ2) is 4.57. The molecule has 0 amide bonds. The second-order valence-corrected chi connectivity index (χ2v) is 5.35. The van der Waals surface area contributed by atoms with E-state index in [9.17, 15) is 0 Å². The highest BCUT2D eigenvalue weighted by Gasteiger charge is 2.05. The minimum atomic E-state index is 0.588. The van der Waals surface area contributed by atoms with E-state index < -0.39 is 0 Å². The summed E-state index contributed by atoms with van der Waals surface area (Å²) in [7, 11) is 2.84. The van der Waals surface area contributed by atoms with Crippen molar-refractivity contribution in [2.75, 3.05) is 0 Å². The first-order chi connectivity index (χ1) is 6.74. The van der Waals surface area contributed by atoms with Crippen LogP contribution < -0.4 is 0 Å². The molecule has 2 aromatic heterocycles. The molecule has 0 fully saturated rings. The standard InChI is InChI=1S/C8H4Cl2O2S2/c9-5-1-7(11-3-5)13-14-8-2-6(10)4-12-8/h1-4H. The van der Waals surface area contributed by atoms with Crippen molar-refractivity contribution in [1.82, 2.24) is 0 Å². The fourth-order valence-electron chi connectivity index (χ4n) is 0.760. The van der Waals surface area contributed by atoms with Gasteiger partial charge in [0.1, 0.15) is 12.5 Å². The van der Waals surface area contributed by atoms with Crippen molar-refractivity contribution >= 4 is 44.8 Å². The van der Waals surface area contributed by atoms with Crippen LogP contribution in [-0.2, 0) is 0 Å². The van der Waals surface area contributed by atoms with Crippen molar-refractivity contribution in [1.29, 1.82) is 0 Å². The van der Waals surface area contributed by atoms with Gasteiger partial charge in [0.2, 0.25) is 0 Å². The SMILES string of the molecule is Clc1coc(SSc2cc(Cl)co2)c1. The van der Waals surface area contributed by atoms with Crippen LogP contribution in [0.25, 0.3) is 0 Å². The van der Waals surface area contributed by atoms with Crippen molar-refractivity contribution in [2.24, 2.45) is 0 Å². The summed E-state index contributed by atoms with van der Waals surface area (Å²) in [5.74, 6) is 0. The van der Waals surface area contributed by atoms with E-state index in [-0.39, 0.29) is 0 Å². The molecule has 2 nitrogen and oxygen atoms in total. The highest BCUT2D eigenvalue weighted by molar-refractivity contribution is 8.76. The first-order valence-electron chi connectivity index (χ1n) is 3.56. The molecule has 0 N–H and O–H groups in total. The first-order valence-corrected chi connectivity index (χ1v) is 6.47. The molecule has 6 heteroatoms. The molecule has 14 heavy (non-hydrogen) atoms. The van der Waals surface area contributed by atoms with Gasteiger partial charge in [-0.15, -0.1) is 0 Å². The van der Waals surface area contributed by atoms with Crippen LogP contribution in [0, 0.1) is 0 Å². The van der Waals surface area contributed by atoms with Crippen molar-refractivity contribution in [3.8, 4) is 0 Å². The summed E-state index contributed by atoms with van der Waals surface area (Å²) < 4.78 is 10.3. The maximum atomic E-state index is 5.69. The molecule has 0 saturated carbocycles. The topological polar surface area (TPSA) is 26.3 Å². The quantitative estimate of drug-likeness (QED) is 0.732. The van der Waals surface area contributed by atoms with Crippen LogP contribution >= 0.6 is 44.8 Å². The van der Waals surface area contributed by atoms with E-state index >= 15 is 0 Å². The minimum Gasteiger partial charge on any atom is -0.456 e. The van der Waals surface area contributed by atoms with Crippen molar-refractivity contribution in [2.45, 2.75) is 10.2 Å². The zero-order valence-corrected chi connectivity index (χ0v) is 9.84. The summed E-state index contributed by atoms with van der Waals surface area (Å²) >= 11 is 11.4. The Hall–Kier alpha value is -0.160. The first kappa shape index (κ1) is 10.4. The zero-order valence-electron chi connectivity index (χ0n) is 6.70. The fourth-order valence-corrected chi connectivity index (χ4v) is 2.88. The van der Waals surface area contributed by atoms with E-state index in [4.69, 9.17) is 32.0 Å². The van der Waals surface area contributed by atoms with Gasteiger partial charge in [0.05, 0.1) is 10.0 Å². The molecule has 2 heterocycles. The Labute approximate surface area is 98.3 Å². The molecule has 0 unspecified atom stereocenters. The summed E-state index contributed by atoms with van der Waals surface area (Å²) in [6, 6.07) is 3.48. The molecule has 0 atom stereocenters. The van der Waals surface area contributed by atoms with Gasteiger partial charge in [0.15, 0.2) is 10.2 Å². The molecule has 74 valence electrons. The van der Waals surface area contributed by atoms with Gasteiger partial charge in [0, 0.05) is 12.1 Å². The second-order valence-electron chi connectivity index (χ2n) is 2.33. The van der Waals surface area contributed by atoms with Crippen molar-refractivity contribution < 1.29 is 8.83 Å². The molecular weight excluding hydrogens is 263 g/mol. The Morgan fingerprint density at radius 1 is 0.857 bits per heavy atom. The maximum absolute atomic E-state index is 5.69. The van der Waals surface area contributed by atoms with Crippen LogP contribution in [0.1, 0.15) is 0 Å². The lowest BCUT2D eigenvalue weighted by atomic mass is 10.7. The van der Waals surface area contributed by atoms with Gasteiger partial charge < -0.3 is 8.83 Å². The van der Waals surface area contributed by atoms with Gasteiger partial charge in [-0.2, -0.15) is 0 Å². The maximum Gasteiger partial charge on any atom is 0.172 e. The van der Waals surface area contributed by atoms with Crippen LogP contribution in [-0.4, -0.2) is 0 Å². The van der Waals surface area contributed by atoms with E-state index in [1.165, 1.54) is 34.1 Å². The Balaban J connectivity index is 1.94. The number of hydrogen-bond acceptors (Lipinski definition) is 4. The van der Waals surface area contributed by atoms with Crippen molar-refractivity contribution in [3.63, 3.8) is 0 Å². The van der Waals surface area contributed by atoms with E-state index in [2.05, 4.69) is 0 Å². The van der Waals surface area contributed by atoms with Gasteiger partial charge >= 0.3 is 0 Å². The molecular formula is C8H4Cl2O2S2. The lowest BCUT2D eigenvalue weighted by Gasteiger charge is -1.90. The van der Waals surface area contributed by atoms with Crippen LogP contribution in [0.5, 0.6) is 0 Å². The number of rotatable bonds is 3. The van der Waals surface area contributed by atoms with Crippen LogP contribution in [0.15, 0.2) is 43.7 Å². The average Bonchev–Trinajstić information content (AvgIpc) is 2.72. The van der Waals surface area contributed by atoms with Gasteiger partial charge in [-0.05, 0) is 21.6 Å². The Morgan fingerprint density at radius 3 is 1.57 bits per heavy atom. The average molecular weight is 267 g/mol. The summed E-state index contributed by atoms with van der Waals surface area (Å²) in [5.41, 5.74) is 0. The summed E-state index contributed by atoms with van der Waals surface area (Å²) in [6.07, 6.45) is 2.97. The van der Waals surface area contributed by atoms with Gasteiger partial charge in [0.25, 0.3) is 0 Å². The minimum absolute atomic E-state index is 0.588. The Bertz CT molecular complexity index is 384. The number of furan rings is 2. The predicted molar refractivity (Wildman–Crippen MR) is 59.2 cm³/mol. The van der Waals surface area contributed by atoms with E-state index in [0.717, 1.165) is 10.2 Å². The Morgan fingerprint density at radius 2 is 1.29 bits per heavy atom. The third-order valence-corrected chi connectivity index (χ3v) is 3.76. The summed E-state index contributed by atoms with van der Waals surface area (Å²) in [6.45, 7) is 0. The molecule has 0 aliphatic carbocycles. The number of halogens is 2. The van der Waals surface area contributed by atoms with Crippen LogP contribution in [0.2, 0.25) is 10.0 Å². The molecule has 0 radical (unpaired) electrons. The smallest absolute Gasteiger partial charge is 0.172 e. The molecule has 0 aromatic carbocycles. The molecule has 0 aliphatic heterocycles. The predicted octanol–water partition coefficient (Wildman–Crippen LogP) is 4.98. The molecule has 2 rings (SSSR count). The molecule has 0 aliphatic rings. The van der Waals surface area contributed by atoms with Crippen molar-refractivity contribution in [3.05, 3.63) is 34.7 Å². The van der Waals surface area contributed by atoms with Gasteiger partial charge in [-0.25, -0.2) is 0 Å². The number of hydrogen-bond donors (Lipinski definition) is 0. The van der Waals surface area contributed by atoms with E-state index in [0.29, 0.717) is 10.0 Å². The van der Waals surface area contributed by atoms with Gasteiger partial charge in [-0.3, -0.25) is 0 Å². The Kier molecular flexibility index (Phi) is 3.38. The highest BCUT2D eigenvalue weighted by atomic mass is 35.5. The lowest BCUT2D eigenvalue weighted by Crippen LogP contribution is -1.57. The zero-order chi connectivity index (χ0) is 9.97. The monoisotopic (exact) mass is 266 g/mol. The fraction of sp³-hybridized carbons (Fsp3) is 0. The molecule has 0 spiro atoms. The third-order valence-electron chi connectivity index (χ3n) is 1.29. The lowest BCUT2D eigenvalue weighted by molar-refractivity contribution is 0.473. The molecule has 2 aromatic rings. The van der Waals surface area contributed by atoms with E-state index in [1.807, 2.05) is 0 Å². The third kappa shape index (κ3) is 2.67.